The van der Waals surface area contributed by atoms with Gasteiger partial charge in [0.05, 0.1) is 9.79 Å². The lowest BCUT2D eigenvalue weighted by Gasteiger charge is -2.10. The number of benzene rings is 4. The lowest BCUT2D eigenvalue weighted by molar-refractivity contribution is 0.103. The van der Waals surface area contributed by atoms with Gasteiger partial charge in [-0.1, -0.05) is 84.9 Å². The Kier molecular flexibility index (Phi) is 7.76. The Hall–Kier alpha value is -3.63. The molecule has 4 aromatic carbocycles. The van der Waals surface area contributed by atoms with Gasteiger partial charge in [0.2, 0.25) is 20.0 Å². The molecule has 0 atom stereocenters. The van der Waals surface area contributed by atoms with Crippen LogP contribution >= 0.6 is 0 Å². The van der Waals surface area contributed by atoms with E-state index in [1.54, 1.807) is 24.3 Å². The van der Waals surface area contributed by atoms with E-state index < -0.39 is 25.8 Å². The summed E-state index contributed by atoms with van der Waals surface area (Å²) in [6, 6.07) is 29.5. The quantitative estimate of drug-likeness (QED) is 0.309. The van der Waals surface area contributed by atoms with Crippen LogP contribution in [0.2, 0.25) is 0 Å². The third kappa shape index (κ3) is 6.32. The molecule has 0 spiro atoms. The van der Waals surface area contributed by atoms with E-state index in [2.05, 4.69) is 9.44 Å². The molecule has 2 N–H and O–H groups in total. The second kappa shape index (κ2) is 11.0. The van der Waals surface area contributed by atoms with Gasteiger partial charge in [0, 0.05) is 24.2 Å². The van der Waals surface area contributed by atoms with Crippen molar-refractivity contribution in [1.29, 1.82) is 0 Å². The van der Waals surface area contributed by atoms with Gasteiger partial charge < -0.3 is 0 Å². The van der Waals surface area contributed by atoms with Gasteiger partial charge in [-0.3, -0.25) is 4.79 Å². The van der Waals surface area contributed by atoms with Crippen molar-refractivity contribution in [3.8, 4) is 0 Å². The van der Waals surface area contributed by atoms with Gasteiger partial charge in [-0.25, -0.2) is 26.3 Å². The van der Waals surface area contributed by atoms with Crippen LogP contribution in [0.4, 0.5) is 0 Å². The van der Waals surface area contributed by atoms with E-state index in [1.807, 2.05) is 36.4 Å². The van der Waals surface area contributed by atoms with Crippen molar-refractivity contribution in [2.45, 2.75) is 22.9 Å². The molecule has 0 saturated heterocycles. The van der Waals surface area contributed by atoms with Crippen LogP contribution in [0.1, 0.15) is 27.0 Å². The fourth-order valence-corrected chi connectivity index (χ4v) is 5.62. The van der Waals surface area contributed by atoms with E-state index in [4.69, 9.17) is 0 Å². The number of carbonyl (C=O) groups is 1. The van der Waals surface area contributed by atoms with Crippen LogP contribution in [0.3, 0.4) is 0 Å². The second-order valence-electron chi connectivity index (χ2n) is 8.01. The van der Waals surface area contributed by atoms with Crippen molar-refractivity contribution in [3.05, 3.63) is 131 Å². The van der Waals surface area contributed by atoms with E-state index in [0.717, 1.165) is 11.1 Å². The molecule has 0 amide bonds. The minimum atomic E-state index is -3.87. The van der Waals surface area contributed by atoms with Gasteiger partial charge in [-0.15, -0.1) is 0 Å². The third-order valence-electron chi connectivity index (χ3n) is 5.43. The van der Waals surface area contributed by atoms with Crippen molar-refractivity contribution in [3.63, 3.8) is 0 Å². The number of hydrogen-bond acceptors (Lipinski definition) is 5. The Bertz CT molecular complexity index is 1450. The van der Waals surface area contributed by atoms with Crippen molar-refractivity contribution in [2.24, 2.45) is 0 Å². The smallest absolute Gasteiger partial charge is 0.240 e. The molecule has 4 rings (SSSR count). The Balaban J connectivity index is 1.52. The fraction of sp³-hybridized carbons (Fsp3) is 0.0741. The molecular weight excluding hydrogens is 496 g/mol. The largest absolute Gasteiger partial charge is 0.289 e. The molecule has 0 saturated carbocycles. The predicted octanol–water partition coefficient (Wildman–Crippen LogP) is 3.87. The number of nitrogens with one attached hydrogen (secondary N) is 2. The van der Waals surface area contributed by atoms with Crippen LogP contribution in [0.25, 0.3) is 0 Å². The zero-order chi connectivity index (χ0) is 25.6. The topological polar surface area (TPSA) is 109 Å². The molecule has 0 unspecified atom stereocenters. The normalized spacial score (nSPS) is 11.8. The van der Waals surface area contributed by atoms with Crippen LogP contribution in [0, 0.1) is 0 Å². The van der Waals surface area contributed by atoms with Crippen LogP contribution in [0.15, 0.2) is 119 Å². The number of sulfonamides is 2. The van der Waals surface area contributed by atoms with Gasteiger partial charge in [0.1, 0.15) is 0 Å². The fourth-order valence-electron chi connectivity index (χ4n) is 3.49. The molecule has 0 heterocycles. The predicted molar refractivity (Wildman–Crippen MR) is 137 cm³/mol. The summed E-state index contributed by atoms with van der Waals surface area (Å²) < 4.78 is 56.2. The zero-order valence-corrected chi connectivity index (χ0v) is 20.8. The van der Waals surface area contributed by atoms with E-state index >= 15 is 0 Å². The highest BCUT2D eigenvalue weighted by atomic mass is 32.2. The first-order valence-electron chi connectivity index (χ1n) is 11.1. The lowest BCUT2D eigenvalue weighted by atomic mass is 10.0. The highest BCUT2D eigenvalue weighted by molar-refractivity contribution is 7.89. The van der Waals surface area contributed by atoms with Gasteiger partial charge >= 0.3 is 0 Å². The summed E-state index contributed by atoms with van der Waals surface area (Å²) in [6.07, 6.45) is 0. The van der Waals surface area contributed by atoms with Crippen LogP contribution in [-0.2, 0) is 33.1 Å². The van der Waals surface area contributed by atoms with Gasteiger partial charge in [-0.2, -0.15) is 0 Å². The Morgan fingerprint density at radius 1 is 0.528 bits per heavy atom. The molecule has 0 radical (unpaired) electrons. The van der Waals surface area contributed by atoms with Crippen LogP contribution < -0.4 is 9.44 Å². The zero-order valence-electron chi connectivity index (χ0n) is 19.2. The Morgan fingerprint density at radius 2 is 0.917 bits per heavy atom. The summed E-state index contributed by atoms with van der Waals surface area (Å²) in [4.78, 5) is 13.0. The maximum absolute atomic E-state index is 13.1. The van der Waals surface area contributed by atoms with Crippen molar-refractivity contribution in [2.75, 3.05) is 0 Å². The highest BCUT2D eigenvalue weighted by Crippen LogP contribution is 2.19. The molecule has 4 aromatic rings. The summed E-state index contributed by atoms with van der Waals surface area (Å²) in [5.41, 5.74) is 1.85. The molecular formula is C27H24N2O5S2. The lowest BCUT2D eigenvalue weighted by Crippen LogP contribution is -2.24. The molecule has 0 bridgehead atoms. The first-order chi connectivity index (χ1) is 17.2. The standard InChI is InChI=1S/C27H24N2O5S2/c30-27(23-13-7-15-25(17-23)35(31,32)28-19-21-9-3-1-4-10-21)24-14-8-16-26(18-24)36(33,34)29-20-22-11-5-2-6-12-22/h1-18,28-29H,19-20H2. The SMILES string of the molecule is O=C(c1cccc(S(=O)(=O)NCc2ccccc2)c1)c1cccc(S(=O)(=O)NCc2ccccc2)c1. The van der Waals surface area contributed by atoms with E-state index in [1.165, 1.54) is 48.5 Å². The van der Waals surface area contributed by atoms with E-state index in [9.17, 15) is 21.6 Å². The van der Waals surface area contributed by atoms with Gasteiger partial charge in [-0.05, 0) is 35.4 Å². The molecule has 9 heteroatoms. The molecule has 7 nitrogen and oxygen atoms in total. The van der Waals surface area contributed by atoms with Gasteiger partial charge in [0.15, 0.2) is 5.78 Å². The van der Waals surface area contributed by atoms with Crippen molar-refractivity contribution >= 4 is 25.8 Å². The molecule has 36 heavy (non-hydrogen) atoms. The monoisotopic (exact) mass is 520 g/mol. The first-order valence-corrected chi connectivity index (χ1v) is 14.0. The van der Waals surface area contributed by atoms with Crippen molar-refractivity contribution in [1.82, 2.24) is 9.44 Å². The maximum atomic E-state index is 13.1. The highest BCUT2D eigenvalue weighted by Gasteiger charge is 2.19. The Labute approximate surface area is 210 Å². The average molecular weight is 521 g/mol. The molecule has 0 aliphatic heterocycles. The molecule has 0 aromatic heterocycles. The molecule has 0 aliphatic carbocycles. The summed E-state index contributed by atoms with van der Waals surface area (Å²) in [6.45, 7) is 0.217. The number of ketones is 1. The summed E-state index contributed by atoms with van der Waals surface area (Å²) in [5, 5.41) is 0. The molecule has 184 valence electrons. The summed E-state index contributed by atoms with van der Waals surface area (Å²) >= 11 is 0. The molecule has 0 fully saturated rings. The number of rotatable bonds is 10. The van der Waals surface area contributed by atoms with Crippen LogP contribution in [-0.4, -0.2) is 22.6 Å². The van der Waals surface area contributed by atoms with Gasteiger partial charge in [0.25, 0.3) is 0 Å². The average Bonchev–Trinajstić information content (AvgIpc) is 2.92. The second-order valence-corrected chi connectivity index (χ2v) is 11.5. The number of carbonyl (C=O) groups excluding carboxylic acids is 1. The molecule has 0 aliphatic rings. The summed E-state index contributed by atoms with van der Waals surface area (Å²) in [5.74, 6) is -0.491. The minimum absolute atomic E-state index is 0.0578. The van der Waals surface area contributed by atoms with Crippen molar-refractivity contribution < 1.29 is 21.6 Å². The van der Waals surface area contributed by atoms with E-state index in [0.29, 0.717) is 0 Å². The summed E-state index contributed by atoms with van der Waals surface area (Å²) in [7, 11) is -7.74. The Morgan fingerprint density at radius 3 is 1.31 bits per heavy atom. The minimum Gasteiger partial charge on any atom is -0.289 e. The third-order valence-corrected chi connectivity index (χ3v) is 8.23. The number of hydrogen-bond donors (Lipinski definition) is 2. The maximum Gasteiger partial charge on any atom is 0.240 e. The first kappa shape index (κ1) is 25.5. The van der Waals surface area contributed by atoms with E-state index in [-0.39, 0.29) is 34.0 Å². The van der Waals surface area contributed by atoms with Crippen LogP contribution in [0.5, 0.6) is 0 Å².